The Morgan fingerprint density at radius 2 is 1.74 bits per heavy atom. The third kappa shape index (κ3) is 8.04. The zero-order valence-corrected chi connectivity index (χ0v) is 23.5. The van der Waals surface area contributed by atoms with Gasteiger partial charge in [-0.25, -0.2) is 4.79 Å². The van der Waals surface area contributed by atoms with E-state index in [9.17, 15) is 14.4 Å². The first-order chi connectivity index (χ1) is 18.9. The normalized spacial score (nSPS) is 12.7. The lowest BCUT2D eigenvalue weighted by Crippen LogP contribution is -2.34. The van der Waals surface area contributed by atoms with Gasteiger partial charge in [0, 0.05) is 28.0 Å². The van der Waals surface area contributed by atoms with E-state index in [2.05, 4.69) is 49.5 Å². The molecule has 3 aromatic carbocycles. The minimum absolute atomic E-state index is 0.110. The van der Waals surface area contributed by atoms with Crippen LogP contribution in [0.3, 0.4) is 0 Å². The van der Waals surface area contributed by atoms with Gasteiger partial charge in [-0.2, -0.15) is 0 Å². The Hall–Kier alpha value is -3.91. The van der Waals surface area contributed by atoms with Crippen LogP contribution in [-0.4, -0.2) is 31.6 Å². The van der Waals surface area contributed by atoms with Crippen molar-refractivity contribution < 1.29 is 19.1 Å². The van der Waals surface area contributed by atoms with E-state index in [1.165, 1.54) is 31.1 Å². The van der Waals surface area contributed by atoms with E-state index >= 15 is 0 Å². The highest BCUT2D eigenvalue weighted by Crippen LogP contribution is 2.29. The number of hydrogen-bond acceptors (Lipinski definition) is 4. The third-order valence-corrected chi connectivity index (χ3v) is 7.05. The second-order valence-corrected chi connectivity index (χ2v) is 10.2. The van der Waals surface area contributed by atoms with Crippen LogP contribution in [0.5, 0.6) is 0 Å². The highest BCUT2D eigenvalue weighted by molar-refractivity contribution is 9.10. The summed E-state index contributed by atoms with van der Waals surface area (Å²) in [5.74, 6) is -0.655. The number of halogens is 1. The van der Waals surface area contributed by atoms with Crippen molar-refractivity contribution in [1.82, 2.24) is 5.32 Å². The number of nitrogens with zero attached hydrogens (tertiary/aromatic N) is 1. The number of carbonyl (C=O) groups is 3. The highest BCUT2D eigenvalue weighted by Gasteiger charge is 2.18. The van der Waals surface area contributed by atoms with Crippen LogP contribution in [-0.2, 0) is 16.1 Å². The Bertz CT molecular complexity index is 1340. The summed E-state index contributed by atoms with van der Waals surface area (Å²) in [6.45, 7) is 0.510. The van der Waals surface area contributed by atoms with Crippen LogP contribution in [0, 0.1) is 0 Å². The van der Waals surface area contributed by atoms with Crippen molar-refractivity contribution in [2.75, 3.05) is 23.9 Å². The van der Waals surface area contributed by atoms with Crippen molar-refractivity contribution in [2.24, 2.45) is 0 Å². The van der Waals surface area contributed by atoms with Gasteiger partial charge in [-0.05, 0) is 84.8 Å². The molecule has 0 saturated heterocycles. The maximum absolute atomic E-state index is 13.5. The summed E-state index contributed by atoms with van der Waals surface area (Å²) < 4.78 is 5.47. The van der Waals surface area contributed by atoms with Crippen LogP contribution in [0.15, 0.2) is 83.3 Å². The van der Waals surface area contributed by atoms with E-state index in [0.29, 0.717) is 17.8 Å². The Labute approximate surface area is 237 Å². The molecule has 0 atom stereocenters. The average Bonchev–Trinajstić information content (AvgIpc) is 2.96. The molecule has 7 nitrogen and oxygen atoms in total. The van der Waals surface area contributed by atoms with E-state index in [1.54, 1.807) is 17.0 Å². The van der Waals surface area contributed by atoms with Gasteiger partial charge in [0.05, 0.1) is 20.1 Å². The highest BCUT2D eigenvalue weighted by atomic mass is 79.9. The summed E-state index contributed by atoms with van der Waals surface area (Å²) >= 11 is 3.45. The van der Waals surface area contributed by atoms with Crippen LogP contribution in [0.2, 0.25) is 0 Å². The first-order valence-electron chi connectivity index (χ1n) is 13.0. The molecular weight excluding hydrogens is 558 g/mol. The van der Waals surface area contributed by atoms with E-state index in [-0.39, 0.29) is 30.9 Å². The fraction of sp³-hybridized carbons (Fsp3) is 0.258. The Kier molecular flexibility index (Phi) is 9.91. The molecule has 0 bridgehead atoms. The van der Waals surface area contributed by atoms with Gasteiger partial charge in [-0.15, -0.1) is 0 Å². The molecule has 2 N–H and O–H groups in total. The van der Waals surface area contributed by atoms with E-state index < -0.39 is 0 Å². The number of methoxy groups -OCH3 is 1. The Balaban J connectivity index is 1.50. The molecule has 4 rings (SSSR count). The number of amides is 3. The quantitative estimate of drug-likeness (QED) is 0.265. The van der Waals surface area contributed by atoms with Crippen LogP contribution in [0.25, 0.3) is 5.57 Å². The van der Waals surface area contributed by atoms with E-state index in [1.807, 2.05) is 48.5 Å². The molecule has 0 saturated carbocycles. The summed E-state index contributed by atoms with van der Waals surface area (Å²) in [5, 5.41) is 5.70. The summed E-state index contributed by atoms with van der Waals surface area (Å²) in [6, 6.07) is 22.4. The molecule has 1 aliphatic carbocycles. The lowest BCUT2D eigenvalue weighted by atomic mass is 9.93. The summed E-state index contributed by atoms with van der Waals surface area (Å²) in [6.07, 6.45) is 7.04. The number of esters is 1. The molecule has 0 heterocycles. The van der Waals surface area contributed by atoms with Gasteiger partial charge >= 0.3 is 12.0 Å². The minimum Gasteiger partial charge on any atom is -0.469 e. The molecule has 8 heteroatoms. The molecule has 3 amide bonds. The van der Waals surface area contributed by atoms with Crippen LogP contribution in [0.1, 0.15) is 53.6 Å². The number of benzene rings is 3. The van der Waals surface area contributed by atoms with Crippen molar-refractivity contribution in [3.63, 3.8) is 0 Å². The monoisotopic (exact) mass is 589 g/mol. The minimum atomic E-state index is -0.379. The van der Waals surface area contributed by atoms with E-state index in [0.717, 1.165) is 28.6 Å². The molecular formula is C31H32BrN3O4. The van der Waals surface area contributed by atoms with Gasteiger partial charge < -0.3 is 15.4 Å². The van der Waals surface area contributed by atoms with Gasteiger partial charge in [0.1, 0.15) is 0 Å². The fourth-order valence-electron chi connectivity index (χ4n) is 4.42. The smallest absolute Gasteiger partial charge is 0.326 e. The van der Waals surface area contributed by atoms with Crippen molar-refractivity contribution in [3.8, 4) is 0 Å². The number of rotatable bonds is 9. The van der Waals surface area contributed by atoms with Gasteiger partial charge in [0.2, 0.25) is 0 Å². The topological polar surface area (TPSA) is 87.7 Å². The van der Waals surface area contributed by atoms with Crippen molar-refractivity contribution in [2.45, 2.75) is 38.6 Å². The second-order valence-electron chi connectivity index (χ2n) is 9.33. The number of hydrogen-bond donors (Lipinski definition) is 2. The SMILES string of the molecule is COC(=O)CCNC(=O)c1ccc(CN(C(=O)Nc2cccc(Br)c2)c2ccc(C3=CCCCC3)cc2)cc1. The average molecular weight is 591 g/mol. The zero-order chi connectivity index (χ0) is 27.6. The Morgan fingerprint density at radius 1 is 0.974 bits per heavy atom. The summed E-state index contributed by atoms with van der Waals surface area (Å²) in [4.78, 5) is 38.8. The van der Waals surface area contributed by atoms with Crippen molar-refractivity contribution >= 4 is 50.8 Å². The lowest BCUT2D eigenvalue weighted by Gasteiger charge is -2.24. The molecule has 1 aliphatic rings. The van der Waals surface area contributed by atoms with Gasteiger partial charge in [0.25, 0.3) is 5.91 Å². The van der Waals surface area contributed by atoms with Crippen molar-refractivity contribution in [3.05, 3.63) is 100 Å². The number of ether oxygens (including phenoxy) is 1. The van der Waals surface area contributed by atoms with Crippen LogP contribution < -0.4 is 15.5 Å². The molecule has 202 valence electrons. The molecule has 0 radical (unpaired) electrons. The summed E-state index contributed by atoms with van der Waals surface area (Å²) in [7, 11) is 1.31. The second kappa shape index (κ2) is 13.8. The maximum atomic E-state index is 13.5. The molecule has 0 aliphatic heterocycles. The maximum Gasteiger partial charge on any atom is 0.326 e. The number of anilines is 2. The molecule has 0 unspecified atom stereocenters. The predicted octanol–water partition coefficient (Wildman–Crippen LogP) is 6.94. The lowest BCUT2D eigenvalue weighted by molar-refractivity contribution is -0.140. The van der Waals surface area contributed by atoms with E-state index in [4.69, 9.17) is 0 Å². The van der Waals surface area contributed by atoms with Gasteiger partial charge in [-0.1, -0.05) is 52.3 Å². The van der Waals surface area contributed by atoms with Crippen LogP contribution >= 0.6 is 15.9 Å². The largest absolute Gasteiger partial charge is 0.469 e. The first-order valence-corrected chi connectivity index (χ1v) is 13.8. The zero-order valence-electron chi connectivity index (χ0n) is 21.9. The molecule has 0 aromatic heterocycles. The van der Waals surface area contributed by atoms with Crippen LogP contribution in [0.4, 0.5) is 16.2 Å². The molecule has 0 spiro atoms. The van der Waals surface area contributed by atoms with Crippen molar-refractivity contribution in [1.29, 1.82) is 0 Å². The molecule has 0 fully saturated rings. The standard InChI is InChI=1S/C31H32BrN3O4/c1-39-29(36)18-19-33-30(37)25-12-10-22(11-13-25)21-35(31(38)34-27-9-5-8-26(32)20-27)28-16-14-24(15-17-28)23-6-3-2-4-7-23/h5-6,8-17,20H,2-4,7,18-19,21H2,1H3,(H,33,37)(H,34,38). The van der Waals surface area contributed by atoms with Gasteiger partial charge in [0.15, 0.2) is 0 Å². The number of carbonyl (C=O) groups excluding carboxylic acids is 3. The number of urea groups is 1. The third-order valence-electron chi connectivity index (χ3n) is 6.56. The fourth-order valence-corrected chi connectivity index (χ4v) is 4.82. The number of nitrogens with one attached hydrogen (secondary N) is 2. The Morgan fingerprint density at radius 3 is 2.41 bits per heavy atom. The first kappa shape index (κ1) is 28.1. The number of allylic oxidation sites excluding steroid dienone is 2. The van der Waals surface area contributed by atoms with Gasteiger partial charge in [-0.3, -0.25) is 14.5 Å². The summed E-state index contributed by atoms with van der Waals surface area (Å²) in [5.41, 5.74) is 5.34. The molecule has 3 aromatic rings. The predicted molar refractivity (Wildman–Crippen MR) is 158 cm³/mol. The molecule has 39 heavy (non-hydrogen) atoms.